The van der Waals surface area contributed by atoms with E-state index in [4.69, 9.17) is 25.9 Å². The van der Waals surface area contributed by atoms with Crippen LogP contribution in [0.1, 0.15) is 12.7 Å². The van der Waals surface area contributed by atoms with Gasteiger partial charge in [0.05, 0.1) is 5.02 Å². The first-order valence-corrected chi connectivity index (χ1v) is 11.5. The Labute approximate surface area is 204 Å². The van der Waals surface area contributed by atoms with Crippen LogP contribution in [0.25, 0.3) is 33.7 Å². The fourth-order valence-electron chi connectivity index (χ4n) is 2.96. The zero-order valence-electron chi connectivity index (χ0n) is 17.0. The number of hydrogen-bond donors (Lipinski definition) is 1. The molecule has 10 heteroatoms. The van der Waals surface area contributed by atoms with Crippen molar-refractivity contribution in [1.29, 1.82) is 0 Å². The molecule has 0 atom stereocenters. The number of halogens is 2. The van der Waals surface area contributed by atoms with E-state index in [1.807, 2.05) is 48.5 Å². The number of thiazole rings is 1. The topological polar surface area (TPSA) is 97.7 Å². The largest absolute Gasteiger partial charge is 0.481 e. The van der Waals surface area contributed by atoms with Gasteiger partial charge in [-0.3, -0.25) is 9.59 Å². The molecule has 166 valence electrons. The van der Waals surface area contributed by atoms with E-state index >= 15 is 0 Å². The van der Waals surface area contributed by atoms with E-state index in [2.05, 4.69) is 26.0 Å². The first-order valence-electron chi connectivity index (χ1n) is 9.54. The Kier molecular flexibility index (Phi) is 6.73. The number of aromatic nitrogens is 3. The van der Waals surface area contributed by atoms with E-state index in [0.717, 1.165) is 22.5 Å². The van der Waals surface area contributed by atoms with Crippen LogP contribution in [0.3, 0.4) is 0 Å². The van der Waals surface area contributed by atoms with E-state index in [9.17, 15) is 4.79 Å². The van der Waals surface area contributed by atoms with Gasteiger partial charge in [-0.25, -0.2) is 0 Å². The van der Waals surface area contributed by atoms with Crippen molar-refractivity contribution in [2.45, 2.75) is 6.92 Å². The molecule has 0 aliphatic carbocycles. The molecule has 0 unspecified atom stereocenters. The van der Waals surface area contributed by atoms with Gasteiger partial charge in [-0.1, -0.05) is 63.1 Å². The lowest BCUT2D eigenvalue weighted by molar-refractivity contribution is -0.134. The number of fused-ring (bicyclic) bond motifs is 1. The van der Waals surface area contributed by atoms with Gasteiger partial charge in [0.15, 0.2) is 5.82 Å². The normalized spacial score (nSPS) is 11.4. The van der Waals surface area contributed by atoms with Crippen molar-refractivity contribution >= 4 is 55.9 Å². The molecule has 3 heterocycles. The highest BCUT2D eigenvalue weighted by Gasteiger charge is 2.14. The highest BCUT2D eigenvalue weighted by molar-refractivity contribution is 9.10. The molecule has 1 N–H and O–H groups in total. The van der Waals surface area contributed by atoms with Gasteiger partial charge in [0.2, 0.25) is 4.96 Å². The molecule has 0 aliphatic rings. The van der Waals surface area contributed by atoms with Gasteiger partial charge in [0, 0.05) is 28.6 Å². The van der Waals surface area contributed by atoms with Gasteiger partial charge >= 0.3 is 0 Å². The summed E-state index contributed by atoms with van der Waals surface area (Å²) in [7, 11) is 0. The molecule has 0 bridgehead atoms. The molecule has 0 saturated carbocycles. The number of hydrogen-bond acceptors (Lipinski definition) is 6. The Balaban J connectivity index is 0.000000601. The van der Waals surface area contributed by atoms with Gasteiger partial charge in [0.25, 0.3) is 11.5 Å². The highest BCUT2D eigenvalue weighted by Crippen LogP contribution is 2.29. The summed E-state index contributed by atoms with van der Waals surface area (Å²) in [6.07, 6.45) is 1.70. The van der Waals surface area contributed by atoms with Crippen LogP contribution in [0.5, 0.6) is 0 Å². The number of furan rings is 1. The average molecular weight is 545 g/mol. The zero-order valence-corrected chi connectivity index (χ0v) is 20.2. The zero-order chi connectivity index (χ0) is 23.5. The van der Waals surface area contributed by atoms with Crippen molar-refractivity contribution in [3.05, 3.63) is 90.8 Å². The standard InChI is InChI=1S/C21H11BrClN3O2S.C2H4O2/c22-15-7-3-1-5-13(15)19-24-21-26(25-19)20(27)18(29-21)11-12-9-10-17(28-12)14-6-2-4-8-16(14)23;1-2(3)4/h1-11H;1H3,(H,3,4). The summed E-state index contributed by atoms with van der Waals surface area (Å²) in [4.78, 5) is 26.8. The minimum Gasteiger partial charge on any atom is -0.481 e. The monoisotopic (exact) mass is 543 g/mol. The Bertz CT molecular complexity index is 1570. The van der Waals surface area contributed by atoms with Crippen LogP contribution in [0, 0.1) is 0 Å². The van der Waals surface area contributed by atoms with E-state index in [1.54, 1.807) is 18.2 Å². The highest BCUT2D eigenvalue weighted by atomic mass is 79.9. The molecule has 0 saturated heterocycles. The molecule has 0 fully saturated rings. The van der Waals surface area contributed by atoms with E-state index in [0.29, 0.717) is 31.9 Å². The maximum absolute atomic E-state index is 12.8. The van der Waals surface area contributed by atoms with E-state index < -0.39 is 5.97 Å². The summed E-state index contributed by atoms with van der Waals surface area (Å²) in [5.74, 6) is 0.879. The van der Waals surface area contributed by atoms with Crippen molar-refractivity contribution < 1.29 is 14.3 Å². The lowest BCUT2D eigenvalue weighted by Gasteiger charge is -1.98. The second-order valence-corrected chi connectivity index (χ2v) is 9.00. The number of benzene rings is 2. The Morgan fingerprint density at radius 2 is 1.79 bits per heavy atom. The van der Waals surface area contributed by atoms with Crippen LogP contribution in [0.4, 0.5) is 0 Å². The predicted octanol–water partition coefficient (Wildman–Crippen LogP) is 5.13. The smallest absolute Gasteiger partial charge is 0.300 e. The molecule has 2 aromatic carbocycles. The summed E-state index contributed by atoms with van der Waals surface area (Å²) < 4.78 is 8.56. The first kappa shape index (κ1) is 22.9. The van der Waals surface area contributed by atoms with Gasteiger partial charge in [-0.05, 0) is 36.4 Å². The molecule has 0 amide bonds. The third-order valence-electron chi connectivity index (χ3n) is 4.34. The van der Waals surface area contributed by atoms with Crippen LogP contribution in [-0.2, 0) is 4.79 Å². The molecular formula is C23H15BrClN3O4S. The van der Waals surface area contributed by atoms with Gasteiger partial charge in [0.1, 0.15) is 16.1 Å². The number of carboxylic acids is 1. The third-order valence-corrected chi connectivity index (χ3v) is 6.32. The summed E-state index contributed by atoms with van der Waals surface area (Å²) in [6.45, 7) is 1.08. The van der Waals surface area contributed by atoms with Crippen LogP contribution in [-0.4, -0.2) is 25.7 Å². The van der Waals surface area contributed by atoms with Crippen molar-refractivity contribution in [1.82, 2.24) is 14.6 Å². The Hall–Kier alpha value is -3.27. The van der Waals surface area contributed by atoms with Crippen LogP contribution >= 0.6 is 38.9 Å². The number of rotatable bonds is 3. The molecule has 5 aromatic rings. The molecule has 0 radical (unpaired) electrons. The van der Waals surface area contributed by atoms with E-state index in [-0.39, 0.29) is 5.56 Å². The SMILES string of the molecule is CC(=O)O.O=c1c(=Cc2ccc(-c3ccccc3Cl)o2)sc2nc(-c3ccccc3Br)nn12. The molecule has 3 aromatic heterocycles. The molecule has 33 heavy (non-hydrogen) atoms. The Morgan fingerprint density at radius 1 is 1.12 bits per heavy atom. The predicted molar refractivity (Wildman–Crippen MR) is 132 cm³/mol. The second kappa shape index (κ2) is 9.70. The molecule has 0 aliphatic heterocycles. The summed E-state index contributed by atoms with van der Waals surface area (Å²) in [6, 6.07) is 18.7. The van der Waals surface area contributed by atoms with Crippen molar-refractivity contribution in [3.8, 4) is 22.7 Å². The van der Waals surface area contributed by atoms with E-state index in [1.165, 1.54) is 15.9 Å². The second-order valence-electron chi connectivity index (χ2n) is 6.73. The number of aliphatic carboxylic acids is 1. The molecule has 7 nitrogen and oxygen atoms in total. The van der Waals surface area contributed by atoms with Gasteiger partial charge < -0.3 is 9.52 Å². The number of carbonyl (C=O) groups is 1. The minimum atomic E-state index is -0.833. The quantitative estimate of drug-likeness (QED) is 0.338. The Morgan fingerprint density at radius 3 is 2.45 bits per heavy atom. The van der Waals surface area contributed by atoms with Gasteiger partial charge in [-0.15, -0.1) is 5.10 Å². The summed E-state index contributed by atoms with van der Waals surface area (Å²) in [5, 5.41) is 12.4. The summed E-state index contributed by atoms with van der Waals surface area (Å²) in [5.41, 5.74) is 1.41. The molecule has 5 rings (SSSR count). The van der Waals surface area contributed by atoms with Crippen molar-refractivity contribution in [2.24, 2.45) is 0 Å². The number of carboxylic acid groups (broad SMARTS) is 1. The maximum Gasteiger partial charge on any atom is 0.300 e. The van der Waals surface area contributed by atoms with Gasteiger partial charge in [-0.2, -0.15) is 9.50 Å². The fraction of sp³-hybridized carbons (Fsp3) is 0.0435. The maximum atomic E-state index is 12.8. The third kappa shape index (κ3) is 5.05. The van der Waals surface area contributed by atoms with Crippen LogP contribution in [0.2, 0.25) is 5.02 Å². The minimum absolute atomic E-state index is 0.230. The molecular weight excluding hydrogens is 530 g/mol. The lowest BCUT2D eigenvalue weighted by atomic mass is 10.2. The summed E-state index contributed by atoms with van der Waals surface area (Å²) >= 11 is 11.0. The fourth-order valence-corrected chi connectivity index (χ4v) is 4.53. The number of nitrogens with zero attached hydrogens (tertiary/aromatic N) is 3. The molecule has 0 spiro atoms. The van der Waals surface area contributed by atoms with Crippen molar-refractivity contribution in [2.75, 3.05) is 0 Å². The van der Waals surface area contributed by atoms with Crippen LogP contribution in [0.15, 0.2) is 74.3 Å². The van der Waals surface area contributed by atoms with Crippen molar-refractivity contribution in [3.63, 3.8) is 0 Å². The first-order chi connectivity index (χ1) is 15.8. The lowest BCUT2D eigenvalue weighted by Crippen LogP contribution is -2.23. The van der Waals surface area contributed by atoms with Crippen LogP contribution < -0.4 is 10.1 Å². The average Bonchev–Trinajstić information content (AvgIpc) is 3.46.